The van der Waals surface area contributed by atoms with Crippen molar-refractivity contribution >= 4 is 11.7 Å². The van der Waals surface area contributed by atoms with Crippen LogP contribution in [0.2, 0.25) is 0 Å². The van der Waals surface area contributed by atoms with Gasteiger partial charge in [-0.15, -0.1) is 0 Å². The summed E-state index contributed by atoms with van der Waals surface area (Å²) >= 11 is 0. The van der Waals surface area contributed by atoms with Gasteiger partial charge in [0.2, 0.25) is 0 Å². The minimum absolute atomic E-state index is 0.412. The van der Waals surface area contributed by atoms with Crippen LogP contribution in [0.15, 0.2) is 18.3 Å². The van der Waals surface area contributed by atoms with E-state index in [0.29, 0.717) is 24.5 Å². The first-order valence-corrected chi connectivity index (χ1v) is 4.73. The number of ether oxygens (including phenoxy) is 1. The van der Waals surface area contributed by atoms with Crippen LogP contribution >= 0.6 is 0 Å². The third kappa shape index (κ3) is 3.55. The van der Waals surface area contributed by atoms with Crippen LogP contribution in [0, 0.1) is 0 Å². The van der Waals surface area contributed by atoms with E-state index in [-0.39, 0.29) is 0 Å². The first-order chi connectivity index (χ1) is 7.25. The molecule has 0 saturated carbocycles. The number of hydrogen-bond acceptors (Lipinski definition) is 4. The van der Waals surface area contributed by atoms with Crippen molar-refractivity contribution in [2.24, 2.45) is 5.73 Å². The highest BCUT2D eigenvalue weighted by atomic mass is 16.5. The Labute approximate surface area is 88.6 Å². The van der Waals surface area contributed by atoms with Crippen molar-refractivity contribution in [2.45, 2.75) is 6.42 Å². The van der Waals surface area contributed by atoms with Gasteiger partial charge in [0.05, 0.1) is 5.56 Å². The van der Waals surface area contributed by atoms with Crippen molar-refractivity contribution < 1.29 is 9.53 Å². The van der Waals surface area contributed by atoms with Gasteiger partial charge in [-0.1, -0.05) is 0 Å². The topological polar surface area (TPSA) is 77.2 Å². The molecule has 1 rings (SSSR count). The normalized spacial score (nSPS) is 9.93. The summed E-state index contributed by atoms with van der Waals surface area (Å²) in [5, 5.41) is 3.04. The Morgan fingerprint density at radius 1 is 1.67 bits per heavy atom. The number of nitrogens with two attached hydrogens (primary N) is 1. The molecule has 5 nitrogen and oxygen atoms in total. The number of pyridine rings is 1. The standard InChI is InChI=1S/C10H15N3O2/c1-15-7-3-6-13-10-8(9(11)14)4-2-5-12-10/h2,4-5H,3,6-7H2,1H3,(H2,11,14)(H,12,13). The van der Waals surface area contributed by atoms with Gasteiger partial charge in [-0.3, -0.25) is 4.79 Å². The molecule has 1 heterocycles. The lowest BCUT2D eigenvalue weighted by Crippen LogP contribution is -2.16. The zero-order valence-corrected chi connectivity index (χ0v) is 8.69. The molecule has 1 amide bonds. The van der Waals surface area contributed by atoms with E-state index in [9.17, 15) is 4.79 Å². The van der Waals surface area contributed by atoms with Gasteiger partial charge in [-0.05, 0) is 18.6 Å². The number of hydrogen-bond donors (Lipinski definition) is 2. The van der Waals surface area contributed by atoms with E-state index in [1.807, 2.05) is 0 Å². The largest absolute Gasteiger partial charge is 0.385 e. The summed E-state index contributed by atoms with van der Waals surface area (Å²) in [6, 6.07) is 3.33. The number of primary amides is 1. The van der Waals surface area contributed by atoms with Crippen molar-refractivity contribution in [1.82, 2.24) is 4.98 Å². The average Bonchev–Trinajstić information content (AvgIpc) is 2.25. The number of methoxy groups -OCH3 is 1. The molecule has 0 radical (unpaired) electrons. The highest BCUT2D eigenvalue weighted by Crippen LogP contribution is 2.09. The minimum Gasteiger partial charge on any atom is -0.385 e. The maximum absolute atomic E-state index is 11.0. The van der Waals surface area contributed by atoms with Gasteiger partial charge in [0, 0.05) is 26.5 Å². The predicted octanol–water partition coefficient (Wildman–Crippen LogP) is 0.629. The van der Waals surface area contributed by atoms with Crippen LogP contribution in [-0.2, 0) is 4.74 Å². The molecular weight excluding hydrogens is 194 g/mol. The second kappa shape index (κ2) is 5.98. The van der Waals surface area contributed by atoms with Crippen LogP contribution in [0.1, 0.15) is 16.8 Å². The Morgan fingerprint density at radius 2 is 2.47 bits per heavy atom. The van der Waals surface area contributed by atoms with Gasteiger partial charge < -0.3 is 15.8 Å². The van der Waals surface area contributed by atoms with Gasteiger partial charge in [0.1, 0.15) is 5.82 Å². The summed E-state index contributed by atoms with van der Waals surface area (Å²) < 4.78 is 4.91. The lowest BCUT2D eigenvalue weighted by atomic mass is 10.2. The van der Waals surface area contributed by atoms with E-state index in [4.69, 9.17) is 10.5 Å². The van der Waals surface area contributed by atoms with Crippen LogP contribution in [0.25, 0.3) is 0 Å². The van der Waals surface area contributed by atoms with Crippen molar-refractivity contribution in [3.05, 3.63) is 23.9 Å². The summed E-state index contributed by atoms with van der Waals surface area (Å²) in [5.74, 6) is 0.0541. The fourth-order valence-corrected chi connectivity index (χ4v) is 1.17. The summed E-state index contributed by atoms with van der Waals surface area (Å²) in [6.07, 6.45) is 2.47. The lowest BCUT2D eigenvalue weighted by Gasteiger charge is -2.07. The number of anilines is 1. The summed E-state index contributed by atoms with van der Waals surface area (Å²) in [5.41, 5.74) is 5.61. The molecule has 82 valence electrons. The SMILES string of the molecule is COCCCNc1ncccc1C(N)=O. The Bertz CT molecular complexity index is 328. The second-order valence-corrected chi connectivity index (χ2v) is 3.04. The Balaban J connectivity index is 2.56. The molecule has 0 spiro atoms. The van der Waals surface area contributed by atoms with E-state index in [0.717, 1.165) is 6.42 Å². The van der Waals surface area contributed by atoms with Crippen LogP contribution in [-0.4, -0.2) is 31.2 Å². The molecule has 1 aromatic rings. The van der Waals surface area contributed by atoms with Crippen LogP contribution in [0.4, 0.5) is 5.82 Å². The Kier molecular flexibility index (Phi) is 4.56. The molecule has 0 atom stereocenters. The van der Waals surface area contributed by atoms with Crippen LogP contribution in [0.3, 0.4) is 0 Å². The first kappa shape index (κ1) is 11.5. The smallest absolute Gasteiger partial charge is 0.252 e. The van der Waals surface area contributed by atoms with Crippen molar-refractivity contribution in [2.75, 3.05) is 25.6 Å². The molecule has 5 heteroatoms. The Morgan fingerprint density at radius 3 is 3.13 bits per heavy atom. The quantitative estimate of drug-likeness (QED) is 0.674. The summed E-state index contributed by atoms with van der Waals surface area (Å²) in [6.45, 7) is 1.37. The Hall–Kier alpha value is -1.62. The monoisotopic (exact) mass is 209 g/mol. The third-order valence-corrected chi connectivity index (χ3v) is 1.89. The number of nitrogens with one attached hydrogen (secondary N) is 1. The maximum Gasteiger partial charge on any atom is 0.252 e. The molecule has 0 unspecified atom stereocenters. The van der Waals surface area contributed by atoms with Gasteiger partial charge in [0.25, 0.3) is 5.91 Å². The highest BCUT2D eigenvalue weighted by molar-refractivity contribution is 5.97. The molecule has 0 saturated heterocycles. The molecule has 15 heavy (non-hydrogen) atoms. The lowest BCUT2D eigenvalue weighted by molar-refractivity contribution is 0.100. The average molecular weight is 209 g/mol. The zero-order valence-electron chi connectivity index (χ0n) is 8.69. The molecule has 0 fully saturated rings. The highest BCUT2D eigenvalue weighted by Gasteiger charge is 2.07. The van der Waals surface area contributed by atoms with E-state index in [1.165, 1.54) is 0 Å². The van der Waals surface area contributed by atoms with E-state index in [1.54, 1.807) is 25.4 Å². The number of carbonyl (C=O) groups excluding carboxylic acids is 1. The fourth-order valence-electron chi connectivity index (χ4n) is 1.17. The van der Waals surface area contributed by atoms with Crippen molar-refractivity contribution in [1.29, 1.82) is 0 Å². The molecular formula is C10H15N3O2. The molecule has 0 aliphatic rings. The van der Waals surface area contributed by atoms with Gasteiger partial charge in [-0.25, -0.2) is 4.98 Å². The summed E-state index contributed by atoms with van der Waals surface area (Å²) in [7, 11) is 1.65. The van der Waals surface area contributed by atoms with Crippen molar-refractivity contribution in [3.8, 4) is 0 Å². The third-order valence-electron chi connectivity index (χ3n) is 1.89. The molecule has 1 aromatic heterocycles. The molecule has 0 aromatic carbocycles. The first-order valence-electron chi connectivity index (χ1n) is 4.73. The molecule has 0 bridgehead atoms. The molecule has 3 N–H and O–H groups in total. The fraction of sp³-hybridized carbons (Fsp3) is 0.400. The van der Waals surface area contributed by atoms with Crippen molar-refractivity contribution in [3.63, 3.8) is 0 Å². The van der Waals surface area contributed by atoms with Crippen LogP contribution in [0.5, 0.6) is 0 Å². The van der Waals surface area contributed by atoms with Gasteiger partial charge in [-0.2, -0.15) is 0 Å². The van der Waals surface area contributed by atoms with Crippen LogP contribution < -0.4 is 11.1 Å². The number of amides is 1. The zero-order chi connectivity index (χ0) is 11.1. The maximum atomic E-state index is 11.0. The molecule has 0 aliphatic heterocycles. The van der Waals surface area contributed by atoms with E-state index >= 15 is 0 Å². The summed E-state index contributed by atoms with van der Waals surface area (Å²) in [4.78, 5) is 15.1. The number of nitrogens with zero attached hydrogens (tertiary/aromatic N) is 1. The number of aromatic nitrogens is 1. The predicted molar refractivity (Wildman–Crippen MR) is 57.7 cm³/mol. The second-order valence-electron chi connectivity index (χ2n) is 3.04. The van der Waals surface area contributed by atoms with Gasteiger partial charge in [0.15, 0.2) is 0 Å². The molecule has 0 aliphatic carbocycles. The van der Waals surface area contributed by atoms with Gasteiger partial charge >= 0.3 is 0 Å². The van der Waals surface area contributed by atoms with E-state index < -0.39 is 5.91 Å². The minimum atomic E-state index is -0.475. The van der Waals surface area contributed by atoms with E-state index in [2.05, 4.69) is 10.3 Å². The number of carbonyl (C=O) groups is 1. The number of rotatable bonds is 6.